The molecule has 5 heteroatoms. The summed E-state index contributed by atoms with van der Waals surface area (Å²) >= 11 is 4.86. The van der Waals surface area contributed by atoms with Crippen molar-refractivity contribution in [1.29, 1.82) is 0 Å². The number of rotatable bonds is 6. The molecular weight excluding hydrogens is 236 g/mol. The average Bonchev–Trinajstić information content (AvgIpc) is 2.76. The topological polar surface area (TPSA) is 64.3 Å². The van der Waals surface area contributed by atoms with Gasteiger partial charge in [0.2, 0.25) is 5.91 Å². The van der Waals surface area contributed by atoms with Crippen LogP contribution in [0.4, 0.5) is 0 Å². The average molecular weight is 258 g/mol. The highest BCUT2D eigenvalue weighted by molar-refractivity contribution is 7.80. The molecule has 1 amide bonds. The summed E-state index contributed by atoms with van der Waals surface area (Å²) in [6, 6.07) is 0. The molecule has 1 saturated carbocycles. The molecule has 1 fully saturated rings. The van der Waals surface area contributed by atoms with E-state index in [1.807, 2.05) is 0 Å². The maximum absolute atomic E-state index is 11.8. The van der Waals surface area contributed by atoms with E-state index in [0.717, 1.165) is 12.8 Å². The molecule has 0 unspecified atom stereocenters. The number of hydrogen-bond donors (Lipinski definition) is 2. The Morgan fingerprint density at radius 3 is 2.59 bits per heavy atom. The molecule has 1 aliphatic rings. The van der Waals surface area contributed by atoms with E-state index >= 15 is 0 Å². The van der Waals surface area contributed by atoms with Gasteiger partial charge in [0.25, 0.3) is 0 Å². The van der Waals surface area contributed by atoms with Crippen molar-refractivity contribution in [2.24, 2.45) is 11.1 Å². The molecule has 1 rings (SSSR count). The van der Waals surface area contributed by atoms with Crippen molar-refractivity contribution >= 4 is 23.1 Å². The predicted octanol–water partition coefficient (Wildman–Crippen LogP) is 1.37. The molecule has 98 valence electrons. The van der Waals surface area contributed by atoms with Crippen molar-refractivity contribution < 1.29 is 9.53 Å². The molecule has 0 saturated heterocycles. The van der Waals surface area contributed by atoms with Crippen LogP contribution in [-0.2, 0) is 9.53 Å². The van der Waals surface area contributed by atoms with E-state index in [1.54, 1.807) is 13.8 Å². The Morgan fingerprint density at radius 1 is 1.47 bits per heavy atom. The van der Waals surface area contributed by atoms with Gasteiger partial charge in [-0.05, 0) is 26.7 Å². The summed E-state index contributed by atoms with van der Waals surface area (Å²) in [7, 11) is 0. The summed E-state index contributed by atoms with van der Waals surface area (Å²) < 4.78 is 5.65. The molecule has 1 aliphatic carbocycles. The van der Waals surface area contributed by atoms with Gasteiger partial charge in [0, 0.05) is 6.54 Å². The van der Waals surface area contributed by atoms with Crippen LogP contribution in [0.3, 0.4) is 0 Å². The largest absolute Gasteiger partial charge is 0.392 e. The van der Waals surface area contributed by atoms with Crippen molar-refractivity contribution in [1.82, 2.24) is 5.32 Å². The second-order valence-electron chi connectivity index (χ2n) is 5.02. The fourth-order valence-electron chi connectivity index (χ4n) is 1.78. The van der Waals surface area contributed by atoms with Crippen molar-refractivity contribution in [3.05, 3.63) is 0 Å². The molecule has 0 atom stereocenters. The van der Waals surface area contributed by atoms with Crippen LogP contribution in [-0.4, -0.2) is 30.2 Å². The van der Waals surface area contributed by atoms with Gasteiger partial charge in [-0.2, -0.15) is 0 Å². The third kappa shape index (κ3) is 4.24. The van der Waals surface area contributed by atoms with E-state index in [2.05, 4.69) is 5.32 Å². The molecule has 0 aromatic rings. The number of hydrogen-bond acceptors (Lipinski definition) is 3. The first-order valence-electron chi connectivity index (χ1n) is 6.14. The minimum atomic E-state index is -0.789. The summed E-state index contributed by atoms with van der Waals surface area (Å²) in [5.74, 6) is -0.139. The molecule has 17 heavy (non-hydrogen) atoms. The zero-order valence-electron chi connectivity index (χ0n) is 10.6. The lowest BCUT2D eigenvalue weighted by Gasteiger charge is -2.22. The summed E-state index contributed by atoms with van der Waals surface area (Å²) in [5, 5.41) is 2.80. The Kier molecular flexibility index (Phi) is 5.33. The van der Waals surface area contributed by atoms with Gasteiger partial charge in [-0.15, -0.1) is 0 Å². The second-order valence-corrected chi connectivity index (χ2v) is 5.46. The molecular formula is C12H22N2O2S. The van der Waals surface area contributed by atoms with E-state index in [9.17, 15) is 4.79 Å². The van der Waals surface area contributed by atoms with Crippen LogP contribution in [0.2, 0.25) is 0 Å². The van der Waals surface area contributed by atoms with Gasteiger partial charge in [-0.25, -0.2) is 0 Å². The van der Waals surface area contributed by atoms with E-state index in [0.29, 0.717) is 19.3 Å². The number of carbonyl (C=O) groups excluding carboxylic acids is 1. The number of amides is 1. The number of ether oxygens (including phenoxy) is 1. The Morgan fingerprint density at radius 2 is 2.06 bits per heavy atom. The summed E-state index contributed by atoms with van der Waals surface area (Å²) in [6.07, 6.45) is 5.19. The molecule has 0 spiro atoms. The molecule has 0 bridgehead atoms. The fourth-order valence-corrected chi connectivity index (χ4v) is 1.87. The van der Waals surface area contributed by atoms with Crippen LogP contribution < -0.4 is 11.1 Å². The van der Waals surface area contributed by atoms with Crippen molar-refractivity contribution in [2.45, 2.75) is 45.6 Å². The Bertz CT molecular complexity index is 286. The Labute approximate surface area is 108 Å². The van der Waals surface area contributed by atoms with Crippen molar-refractivity contribution in [3.63, 3.8) is 0 Å². The number of carbonyl (C=O) groups is 1. The second kappa shape index (κ2) is 6.31. The summed E-state index contributed by atoms with van der Waals surface area (Å²) in [6.45, 7) is 4.52. The summed E-state index contributed by atoms with van der Waals surface area (Å²) in [5.41, 5.74) is 4.73. The molecule has 4 nitrogen and oxygen atoms in total. The number of thiocarbonyl (C=S) groups is 1. The van der Waals surface area contributed by atoms with E-state index < -0.39 is 5.41 Å². The number of nitrogens with one attached hydrogen (secondary N) is 1. The molecule has 0 heterocycles. The first kappa shape index (κ1) is 14.4. The normalized spacial score (nSPS) is 17.1. The van der Waals surface area contributed by atoms with Gasteiger partial charge in [-0.3, -0.25) is 4.79 Å². The minimum Gasteiger partial charge on any atom is -0.392 e. The van der Waals surface area contributed by atoms with Crippen LogP contribution >= 0.6 is 12.2 Å². The zero-order chi connectivity index (χ0) is 12.9. The minimum absolute atomic E-state index is 0.139. The van der Waals surface area contributed by atoms with Crippen LogP contribution in [0.5, 0.6) is 0 Å². The van der Waals surface area contributed by atoms with Gasteiger partial charge >= 0.3 is 0 Å². The quantitative estimate of drug-likeness (QED) is 0.558. The van der Waals surface area contributed by atoms with Gasteiger partial charge in [0.15, 0.2) is 0 Å². The highest BCUT2D eigenvalue weighted by atomic mass is 32.1. The molecule has 0 aliphatic heterocycles. The fraction of sp³-hybridized carbons (Fsp3) is 0.833. The molecule has 0 aromatic heterocycles. The lowest BCUT2D eigenvalue weighted by molar-refractivity contribution is -0.126. The third-order valence-corrected chi connectivity index (χ3v) is 3.74. The van der Waals surface area contributed by atoms with Crippen LogP contribution in [0.1, 0.15) is 39.5 Å². The van der Waals surface area contributed by atoms with E-state index in [1.165, 1.54) is 12.8 Å². The van der Waals surface area contributed by atoms with Gasteiger partial charge in [0.1, 0.15) is 0 Å². The van der Waals surface area contributed by atoms with Crippen LogP contribution in [0.25, 0.3) is 0 Å². The Balaban J connectivity index is 2.17. The smallest absolute Gasteiger partial charge is 0.232 e. The number of nitrogens with two attached hydrogens (primary N) is 1. The Hall–Kier alpha value is -0.680. The maximum Gasteiger partial charge on any atom is 0.232 e. The lowest BCUT2D eigenvalue weighted by Crippen LogP contribution is -2.45. The summed E-state index contributed by atoms with van der Waals surface area (Å²) in [4.78, 5) is 12.0. The molecule has 3 N–H and O–H groups in total. The highest BCUT2D eigenvalue weighted by Gasteiger charge is 2.30. The zero-order valence-corrected chi connectivity index (χ0v) is 11.4. The predicted molar refractivity (Wildman–Crippen MR) is 71.8 cm³/mol. The van der Waals surface area contributed by atoms with Crippen molar-refractivity contribution in [2.75, 3.05) is 13.2 Å². The first-order valence-corrected chi connectivity index (χ1v) is 6.55. The van der Waals surface area contributed by atoms with Gasteiger partial charge < -0.3 is 15.8 Å². The monoisotopic (exact) mass is 258 g/mol. The van der Waals surface area contributed by atoms with Gasteiger partial charge in [0.05, 0.1) is 23.1 Å². The SMILES string of the molecule is CC(C)(C(=O)NCCOC1CCCC1)C(N)=S. The first-order chi connectivity index (χ1) is 7.94. The third-order valence-electron chi connectivity index (χ3n) is 3.23. The lowest BCUT2D eigenvalue weighted by atomic mass is 9.92. The van der Waals surface area contributed by atoms with E-state index in [-0.39, 0.29) is 10.9 Å². The van der Waals surface area contributed by atoms with Crippen LogP contribution in [0, 0.1) is 5.41 Å². The molecule has 0 aromatic carbocycles. The standard InChI is InChI=1S/C12H22N2O2S/c1-12(2,10(13)17)11(15)14-7-8-16-9-5-3-4-6-9/h9H,3-8H2,1-2H3,(H2,13,17)(H,14,15). The highest BCUT2D eigenvalue weighted by Crippen LogP contribution is 2.20. The van der Waals surface area contributed by atoms with Crippen LogP contribution in [0.15, 0.2) is 0 Å². The van der Waals surface area contributed by atoms with E-state index in [4.69, 9.17) is 22.7 Å². The van der Waals surface area contributed by atoms with Gasteiger partial charge in [-0.1, -0.05) is 25.1 Å². The molecule has 0 radical (unpaired) electrons. The maximum atomic E-state index is 11.8. The van der Waals surface area contributed by atoms with Crippen molar-refractivity contribution in [3.8, 4) is 0 Å².